The number of carbonyl (C=O) groups excluding carboxylic acids is 1. The van der Waals surface area contributed by atoms with E-state index in [9.17, 15) is 4.79 Å². The highest BCUT2D eigenvalue weighted by atomic mass is 16.7. The summed E-state index contributed by atoms with van der Waals surface area (Å²) in [7, 11) is 1.45. The number of methoxy groups -OCH3 is 1. The minimum absolute atomic E-state index is 0.228. The quantitative estimate of drug-likeness (QED) is 0.604. The molecule has 1 heterocycles. The Labute approximate surface area is 98.1 Å². The van der Waals surface area contributed by atoms with Crippen molar-refractivity contribution in [3.05, 3.63) is 29.3 Å². The van der Waals surface area contributed by atoms with Gasteiger partial charge in [-0.2, -0.15) is 0 Å². The predicted molar refractivity (Wildman–Crippen MR) is 56.9 cm³/mol. The van der Waals surface area contributed by atoms with Gasteiger partial charge in [0.05, 0.1) is 25.9 Å². The van der Waals surface area contributed by atoms with Gasteiger partial charge in [0.15, 0.2) is 6.29 Å². The van der Waals surface area contributed by atoms with Crippen LogP contribution in [0.25, 0.3) is 0 Å². The molecule has 0 aliphatic carbocycles. The maximum atomic E-state index is 11.4. The number of hydroxylamine groups is 1. The number of carbonyl (C=O) groups is 1. The van der Waals surface area contributed by atoms with E-state index in [1.807, 2.05) is 0 Å². The second kappa shape index (κ2) is 5.13. The van der Waals surface area contributed by atoms with Crippen LogP contribution in [0.15, 0.2) is 18.2 Å². The molecule has 6 heteroatoms. The summed E-state index contributed by atoms with van der Waals surface area (Å²) < 4.78 is 15.7. The van der Waals surface area contributed by atoms with Gasteiger partial charge in [-0.3, -0.25) is 10.0 Å². The van der Waals surface area contributed by atoms with E-state index < -0.39 is 12.2 Å². The van der Waals surface area contributed by atoms with Gasteiger partial charge in [-0.1, -0.05) is 6.07 Å². The largest absolute Gasteiger partial charge is 0.496 e. The van der Waals surface area contributed by atoms with Crippen molar-refractivity contribution in [3.63, 3.8) is 0 Å². The SMILES string of the molecule is COc1ccc(C2OCCO2)cc1C(=O)NO. The third-order valence-electron chi connectivity index (χ3n) is 2.46. The normalized spacial score (nSPS) is 15.9. The monoisotopic (exact) mass is 239 g/mol. The zero-order valence-corrected chi connectivity index (χ0v) is 9.30. The Kier molecular flexibility index (Phi) is 3.58. The van der Waals surface area contributed by atoms with Crippen molar-refractivity contribution in [2.24, 2.45) is 0 Å². The van der Waals surface area contributed by atoms with E-state index in [4.69, 9.17) is 19.4 Å². The fourth-order valence-corrected chi connectivity index (χ4v) is 1.66. The number of hydrogen-bond acceptors (Lipinski definition) is 5. The van der Waals surface area contributed by atoms with Crippen LogP contribution in [0.4, 0.5) is 0 Å². The third kappa shape index (κ3) is 2.38. The average Bonchev–Trinajstić information content (AvgIpc) is 2.91. The standard InChI is InChI=1S/C11H13NO5/c1-15-9-3-2-7(11-16-4-5-17-11)6-8(9)10(13)12-14/h2-3,6,11,14H,4-5H2,1H3,(H,12,13). The Morgan fingerprint density at radius 3 is 2.76 bits per heavy atom. The van der Waals surface area contributed by atoms with Crippen molar-refractivity contribution in [1.82, 2.24) is 5.48 Å². The Morgan fingerprint density at radius 2 is 2.18 bits per heavy atom. The number of amides is 1. The number of rotatable bonds is 3. The van der Waals surface area contributed by atoms with E-state index in [1.54, 1.807) is 23.7 Å². The first-order valence-electron chi connectivity index (χ1n) is 5.12. The Hall–Kier alpha value is -1.63. The van der Waals surface area contributed by atoms with Gasteiger partial charge >= 0.3 is 0 Å². The first-order valence-corrected chi connectivity index (χ1v) is 5.12. The molecule has 0 aromatic heterocycles. The molecule has 0 radical (unpaired) electrons. The van der Waals surface area contributed by atoms with Crippen molar-refractivity contribution in [3.8, 4) is 5.75 Å². The van der Waals surface area contributed by atoms with Crippen molar-refractivity contribution in [2.45, 2.75) is 6.29 Å². The molecule has 1 aliphatic rings. The molecule has 6 nitrogen and oxygen atoms in total. The highest BCUT2D eigenvalue weighted by molar-refractivity contribution is 5.96. The van der Waals surface area contributed by atoms with Gasteiger partial charge in [0.2, 0.25) is 0 Å². The summed E-state index contributed by atoms with van der Waals surface area (Å²) in [6.07, 6.45) is -0.467. The molecule has 1 fully saturated rings. The summed E-state index contributed by atoms with van der Waals surface area (Å²) in [5.74, 6) is -0.264. The van der Waals surface area contributed by atoms with Crippen LogP contribution < -0.4 is 10.2 Å². The van der Waals surface area contributed by atoms with Crippen LogP contribution in [0.2, 0.25) is 0 Å². The molecule has 0 unspecified atom stereocenters. The minimum atomic E-state index is -0.637. The molecule has 2 rings (SSSR count). The smallest absolute Gasteiger partial charge is 0.278 e. The van der Waals surface area contributed by atoms with E-state index in [2.05, 4.69) is 0 Å². The van der Waals surface area contributed by atoms with Crippen LogP contribution in [0.3, 0.4) is 0 Å². The lowest BCUT2D eigenvalue weighted by Gasteiger charge is -2.12. The zero-order chi connectivity index (χ0) is 12.3. The molecular weight excluding hydrogens is 226 g/mol. The summed E-state index contributed by atoms with van der Waals surface area (Å²) in [4.78, 5) is 11.4. The van der Waals surface area contributed by atoms with Crippen LogP contribution in [-0.4, -0.2) is 31.4 Å². The summed E-state index contributed by atoms with van der Waals surface area (Å²) >= 11 is 0. The lowest BCUT2D eigenvalue weighted by Crippen LogP contribution is -2.20. The highest BCUT2D eigenvalue weighted by Crippen LogP contribution is 2.28. The molecule has 1 aromatic carbocycles. The third-order valence-corrected chi connectivity index (χ3v) is 2.46. The van der Waals surface area contributed by atoms with Gasteiger partial charge in [0, 0.05) is 5.56 Å². The van der Waals surface area contributed by atoms with Crippen LogP contribution in [0.1, 0.15) is 22.2 Å². The first kappa shape index (κ1) is 11.8. The van der Waals surface area contributed by atoms with E-state index in [1.165, 1.54) is 7.11 Å². The fourth-order valence-electron chi connectivity index (χ4n) is 1.66. The Bertz CT molecular complexity index is 414. The van der Waals surface area contributed by atoms with E-state index in [0.717, 1.165) is 0 Å². The van der Waals surface area contributed by atoms with Gasteiger partial charge in [0.25, 0.3) is 5.91 Å². The summed E-state index contributed by atoms with van der Waals surface area (Å²) in [5.41, 5.74) is 2.51. The molecule has 1 aromatic rings. The maximum absolute atomic E-state index is 11.4. The molecule has 0 bridgehead atoms. The predicted octanol–water partition coefficient (Wildman–Crippen LogP) is 0.860. The van der Waals surface area contributed by atoms with Crippen molar-refractivity contribution in [2.75, 3.05) is 20.3 Å². The lowest BCUT2D eigenvalue weighted by atomic mass is 10.1. The molecule has 0 saturated carbocycles. The molecule has 1 amide bonds. The van der Waals surface area contributed by atoms with E-state index in [-0.39, 0.29) is 5.56 Å². The molecule has 1 aliphatic heterocycles. The number of ether oxygens (including phenoxy) is 3. The van der Waals surface area contributed by atoms with Gasteiger partial charge < -0.3 is 14.2 Å². The molecule has 17 heavy (non-hydrogen) atoms. The zero-order valence-electron chi connectivity index (χ0n) is 9.30. The van der Waals surface area contributed by atoms with Crippen molar-refractivity contribution < 1.29 is 24.2 Å². The second-order valence-corrected chi connectivity index (χ2v) is 3.47. The van der Waals surface area contributed by atoms with Gasteiger partial charge in [-0.25, -0.2) is 5.48 Å². The van der Waals surface area contributed by atoms with Crippen LogP contribution in [0.5, 0.6) is 5.75 Å². The van der Waals surface area contributed by atoms with Gasteiger partial charge in [-0.15, -0.1) is 0 Å². The molecule has 2 N–H and O–H groups in total. The molecule has 0 atom stereocenters. The van der Waals surface area contributed by atoms with Gasteiger partial charge in [0.1, 0.15) is 5.75 Å². The second-order valence-electron chi connectivity index (χ2n) is 3.47. The summed E-state index contributed by atoms with van der Waals surface area (Å²) in [6, 6.07) is 4.95. The molecule has 0 spiro atoms. The first-order chi connectivity index (χ1) is 8.26. The number of hydrogen-bond donors (Lipinski definition) is 2. The van der Waals surface area contributed by atoms with Crippen LogP contribution in [0, 0.1) is 0 Å². The minimum Gasteiger partial charge on any atom is -0.496 e. The van der Waals surface area contributed by atoms with Crippen LogP contribution in [-0.2, 0) is 9.47 Å². The Balaban J connectivity index is 2.33. The van der Waals surface area contributed by atoms with Crippen LogP contribution >= 0.6 is 0 Å². The maximum Gasteiger partial charge on any atom is 0.278 e. The van der Waals surface area contributed by atoms with Crippen molar-refractivity contribution in [1.29, 1.82) is 0 Å². The molecule has 92 valence electrons. The lowest BCUT2D eigenvalue weighted by molar-refractivity contribution is -0.0441. The topological polar surface area (TPSA) is 77.0 Å². The van der Waals surface area contributed by atoms with E-state index in [0.29, 0.717) is 24.5 Å². The fraction of sp³-hybridized carbons (Fsp3) is 0.364. The summed E-state index contributed by atoms with van der Waals surface area (Å²) in [5, 5.41) is 8.65. The molecular formula is C11H13NO5. The highest BCUT2D eigenvalue weighted by Gasteiger charge is 2.21. The number of nitrogens with one attached hydrogen (secondary N) is 1. The van der Waals surface area contributed by atoms with Gasteiger partial charge in [-0.05, 0) is 12.1 Å². The van der Waals surface area contributed by atoms with Crippen molar-refractivity contribution >= 4 is 5.91 Å². The van der Waals surface area contributed by atoms with E-state index >= 15 is 0 Å². The molecule has 1 saturated heterocycles. The number of benzene rings is 1. The summed E-state index contributed by atoms with van der Waals surface area (Å²) in [6.45, 7) is 1.05. The Morgan fingerprint density at radius 1 is 1.47 bits per heavy atom. The average molecular weight is 239 g/mol.